The van der Waals surface area contributed by atoms with E-state index >= 15 is 0 Å². The number of rotatable bonds is 3. The summed E-state index contributed by atoms with van der Waals surface area (Å²) in [5, 5.41) is 20.1. The molecule has 5 heteroatoms. The van der Waals surface area contributed by atoms with E-state index in [1.54, 1.807) is 0 Å². The lowest BCUT2D eigenvalue weighted by atomic mass is 10.2. The van der Waals surface area contributed by atoms with Crippen molar-refractivity contribution in [3.63, 3.8) is 0 Å². The molecule has 70 valence electrons. The van der Waals surface area contributed by atoms with Crippen LogP contribution in [0.3, 0.4) is 0 Å². The molecule has 0 aliphatic carbocycles. The molecule has 1 aliphatic rings. The third-order valence-corrected chi connectivity index (χ3v) is 1.79. The Hall–Kier alpha value is -0.650. The van der Waals surface area contributed by atoms with Crippen molar-refractivity contribution in [3.8, 4) is 0 Å². The SMILES string of the molecule is O=C(O)CC1COC(CO)CN1. The number of nitrogens with one attached hydrogen (secondary N) is 1. The first-order valence-corrected chi connectivity index (χ1v) is 3.90. The van der Waals surface area contributed by atoms with E-state index in [9.17, 15) is 4.79 Å². The Labute approximate surface area is 70.3 Å². The first-order chi connectivity index (χ1) is 5.72. The van der Waals surface area contributed by atoms with Crippen LogP contribution >= 0.6 is 0 Å². The van der Waals surface area contributed by atoms with Gasteiger partial charge in [0.2, 0.25) is 0 Å². The zero-order valence-electron chi connectivity index (χ0n) is 6.69. The molecular formula is C7H13NO4. The number of carboxylic acid groups (broad SMARTS) is 1. The van der Waals surface area contributed by atoms with Crippen molar-refractivity contribution >= 4 is 5.97 Å². The first kappa shape index (κ1) is 9.44. The molecule has 0 bridgehead atoms. The van der Waals surface area contributed by atoms with E-state index in [1.807, 2.05) is 0 Å². The smallest absolute Gasteiger partial charge is 0.305 e. The number of hydrogen-bond acceptors (Lipinski definition) is 4. The van der Waals surface area contributed by atoms with Gasteiger partial charge >= 0.3 is 5.97 Å². The predicted octanol–water partition coefficient (Wildman–Crippen LogP) is -1.19. The van der Waals surface area contributed by atoms with Crippen LogP contribution in [0.5, 0.6) is 0 Å². The van der Waals surface area contributed by atoms with Gasteiger partial charge in [0.05, 0.1) is 25.7 Å². The molecule has 2 unspecified atom stereocenters. The highest BCUT2D eigenvalue weighted by atomic mass is 16.5. The van der Waals surface area contributed by atoms with Gasteiger partial charge in [-0.2, -0.15) is 0 Å². The fraction of sp³-hybridized carbons (Fsp3) is 0.857. The minimum absolute atomic E-state index is 0.0210. The van der Waals surface area contributed by atoms with Gasteiger partial charge in [-0.05, 0) is 0 Å². The lowest BCUT2D eigenvalue weighted by molar-refractivity contribution is -0.138. The van der Waals surface area contributed by atoms with Gasteiger partial charge in [0.25, 0.3) is 0 Å². The summed E-state index contributed by atoms with van der Waals surface area (Å²) < 4.78 is 5.16. The van der Waals surface area contributed by atoms with Crippen LogP contribution in [0.25, 0.3) is 0 Å². The Kier molecular flexibility index (Phi) is 3.46. The van der Waals surface area contributed by atoms with E-state index in [4.69, 9.17) is 14.9 Å². The molecule has 0 aromatic carbocycles. The summed E-state index contributed by atoms with van der Waals surface area (Å²) in [6.07, 6.45) is -0.118. The van der Waals surface area contributed by atoms with E-state index in [1.165, 1.54) is 0 Å². The van der Waals surface area contributed by atoms with Crippen LogP contribution in [-0.4, -0.2) is 48.1 Å². The molecule has 1 aliphatic heterocycles. The molecule has 0 aromatic rings. The second-order valence-electron chi connectivity index (χ2n) is 2.84. The molecule has 1 rings (SSSR count). The van der Waals surface area contributed by atoms with Crippen molar-refractivity contribution in [1.82, 2.24) is 5.32 Å². The number of aliphatic hydroxyl groups excluding tert-OH is 1. The first-order valence-electron chi connectivity index (χ1n) is 3.90. The monoisotopic (exact) mass is 175 g/mol. The number of aliphatic hydroxyl groups is 1. The van der Waals surface area contributed by atoms with Crippen LogP contribution < -0.4 is 5.32 Å². The van der Waals surface area contributed by atoms with E-state index in [0.717, 1.165) is 0 Å². The molecule has 1 saturated heterocycles. The van der Waals surface area contributed by atoms with Gasteiger partial charge in [0, 0.05) is 12.6 Å². The van der Waals surface area contributed by atoms with E-state index < -0.39 is 5.97 Å². The van der Waals surface area contributed by atoms with Gasteiger partial charge in [-0.3, -0.25) is 4.79 Å². The fourth-order valence-corrected chi connectivity index (χ4v) is 1.13. The van der Waals surface area contributed by atoms with E-state index in [2.05, 4.69) is 5.32 Å². The number of aliphatic carboxylic acids is 1. The Morgan fingerprint density at radius 3 is 2.83 bits per heavy atom. The zero-order valence-corrected chi connectivity index (χ0v) is 6.69. The van der Waals surface area contributed by atoms with Crippen molar-refractivity contribution in [3.05, 3.63) is 0 Å². The van der Waals surface area contributed by atoms with Gasteiger partial charge in [-0.25, -0.2) is 0 Å². The zero-order chi connectivity index (χ0) is 8.97. The number of carboxylic acids is 1. The number of ether oxygens (including phenoxy) is 1. The average molecular weight is 175 g/mol. The van der Waals surface area contributed by atoms with Crippen LogP contribution in [0.15, 0.2) is 0 Å². The highest BCUT2D eigenvalue weighted by Gasteiger charge is 2.21. The molecule has 1 heterocycles. The molecule has 5 nitrogen and oxygen atoms in total. The summed E-state index contributed by atoms with van der Waals surface area (Å²) in [4.78, 5) is 10.3. The average Bonchev–Trinajstić information content (AvgIpc) is 2.05. The van der Waals surface area contributed by atoms with Crippen molar-refractivity contribution in [2.75, 3.05) is 19.8 Å². The van der Waals surface area contributed by atoms with Crippen LogP contribution in [0, 0.1) is 0 Å². The highest BCUT2D eigenvalue weighted by molar-refractivity contribution is 5.67. The second-order valence-corrected chi connectivity index (χ2v) is 2.84. The molecular weight excluding hydrogens is 162 g/mol. The summed E-state index contributed by atoms with van der Waals surface area (Å²) in [6.45, 7) is 0.860. The van der Waals surface area contributed by atoms with Gasteiger partial charge in [-0.15, -0.1) is 0 Å². The molecule has 3 N–H and O–H groups in total. The number of morpholine rings is 1. The van der Waals surface area contributed by atoms with Crippen molar-refractivity contribution in [1.29, 1.82) is 0 Å². The molecule has 0 radical (unpaired) electrons. The third kappa shape index (κ3) is 2.77. The second kappa shape index (κ2) is 4.39. The molecule has 0 aromatic heterocycles. The largest absolute Gasteiger partial charge is 0.481 e. The Morgan fingerprint density at radius 2 is 2.42 bits per heavy atom. The summed E-state index contributed by atoms with van der Waals surface area (Å²) >= 11 is 0. The maximum absolute atomic E-state index is 10.3. The molecule has 0 saturated carbocycles. The topological polar surface area (TPSA) is 78.8 Å². The number of hydrogen-bond donors (Lipinski definition) is 3. The van der Waals surface area contributed by atoms with Gasteiger partial charge in [-0.1, -0.05) is 0 Å². The highest BCUT2D eigenvalue weighted by Crippen LogP contribution is 2.03. The maximum atomic E-state index is 10.3. The third-order valence-electron chi connectivity index (χ3n) is 1.79. The van der Waals surface area contributed by atoms with Crippen molar-refractivity contribution in [2.24, 2.45) is 0 Å². The molecule has 0 spiro atoms. The van der Waals surface area contributed by atoms with Crippen molar-refractivity contribution in [2.45, 2.75) is 18.6 Å². The summed E-state index contributed by atoms with van der Waals surface area (Å²) in [5.41, 5.74) is 0. The minimum atomic E-state index is -0.835. The van der Waals surface area contributed by atoms with Crippen LogP contribution in [-0.2, 0) is 9.53 Å². The van der Waals surface area contributed by atoms with Crippen LogP contribution in [0.1, 0.15) is 6.42 Å². The quantitative estimate of drug-likeness (QED) is 0.502. The lowest BCUT2D eigenvalue weighted by Gasteiger charge is -2.28. The van der Waals surface area contributed by atoms with Crippen LogP contribution in [0.2, 0.25) is 0 Å². The molecule has 2 atom stereocenters. The summed E-state index contributed by atoms with van der Waals surface area (Å²) in [5.74, 6) is -0.835. The fourth-order valence-electron chi connectivity index (χ4n) is 1.13. The van der Waals surface area contributed by atoms with Crippen LogP contribution in [0.4, 0.5) is 0 Å². The van der Waals surface area contributed by atoms with Gasteiger partial charge in [0.15, 0.2) is 0 Å². The Bertz CT molecular complexity index is 153. The minimum Gasteiger partial charge on any atom is -0.481 e. The lowest BCUT2D eigenvalue weighted by Crippen LogP contribution is -2.48. The Balaban J connectivity index is 2.21. The molecule has 12 heavy (non-hydrogen) atoms. The van der Waals surface area contributed by atoms with E-state index in [0.29, 0.717) is 13.2 Å². The molecule has 1 fully saturated rings. The number of carbonyl (C=O) groups is 1. The van der Waals surface area contributed by atoms with Gasteiger partial charge < -0.3 is 20.3 Å². The summed E-state index contributed by atoms with van der Waals surface area (Å²) in [6, 6.07) is -0.120. The van der Waals surface area contributed by atoms with Gasteiger partial charge in [0.1, 0.15) is 0 Å². The Morgan fingerprint density at radius 1 is 1.67 bits per heavy atom. The molecule has 0 amide bonds. The van der Waals surface area contributed by atoms with E-state index in [-0.39, 0.29) is 25.2 Å². The maximum Gasteiger partial charge on any atom is 0.305 e. The summed E-state index contributed by atoms with van der Waals surface area (Å²) in [7, 11) is 0. The van der Waals surface area contributed by atoms with Crippen molar-refractivity contribution < 1.29 is 19.7 Å². The predicted molar refractivity (Wildman–Crippen MR) is 40.9 cm³/mol. The standard InChI is InChI=1S/C7H13NO4/c9-3-6-2-8-5(4-12-6)1-7(10)11/h5-6,8-9H,1-4H2,(H,10,11). The normalized spacial score (nSPS) is 30.1.